The van der Waals surface area contributed by atoms with Gasteiger partial charge in [-0.15, -0.1) is 0 Å². The average Bonchev–Trinajstić information content (AvgIpc) is 2.93. The number of phenols is 1. The number of Topliss-reactive ketones (excluding diaryl/α,β-unsaturated/α-hetero) is 4. The highest BCUT2D eigenvalue weighted by Gasteiger charge is 2.69. The number of carbonyl (C=O) groups is 5. The molecule has 4 N–H and O–H groups in total. The molecule has 6 atom stereocenters. The molecule has 0 aromatic heterocycles. The molecule has 1 amide bonds. The summed E-state index contributed by atoms with van der Waals surface area (Å²) < 4.78 is 0. The fraction of sp³-hybridized carbons (Fsp3) is 0.485. The fourth-order valence-corrected chi connectivity index (χ4v) is 7.50. The van der Waals surface area contributed by atoms with E-state index in [1.54, 1.807) is 14.1 Å². The van der Waals surface area contributed by atoms with Gasteiger partial charge in [0.05, 0.1) is 17.5 Å². The van der Waals surface area contributed by atoms with Crippen LogP contribution in [0.25, 0.3) is 11.1 Å². The molecule has 10 nitrogen and oxygen atoms in total. The number of aliphatic hydroxyl groups is 1. The van der Waals surface area contributed by atoms with Gasteiger partial charge in [0.2, 0.25) is 5.91 Å². The number of carbonyl (C=O) groups excluding carboxylic acids is 5. The molecule has 6 unspecified atom stereocenters. The smallest absolute Gasteiger partial charge is 0.235 e. The number of unbranched alkanes of at least 4 members (excludes halogenated alkanes) is 1. The van der Waals surface area contributed by atoms with Crippen molar-refractivity contribution in [1.82, 2.24) is 4.90 Å². The first-order chi connectivity index (χ1) is 20.2. The Balaban J connectivity index is 1.63. The Kier molecular flexibility index (Phi) is 7.81. The van der Waals surface area contributed by atoms with E-state index in [1.165, 1.54) is 4.90 Å². The molecule has 2 saturated carbocycles. The number of hydrogen-bond donors (Lipinski definition) is 3. The minimum absolute atomic E-state index is 0.0112. The zero-order valence-corrected chi connectivity index (χ0v) is 25.2. The van der Waals surface area contributed by atoms with Crippen molar-refractivity contribution in [2.45, 2.75) is 50.7 Å². The van der Waals surface area contributed by atoms with Gasteiger partial charge in [-0.3, -0.25) is 28.9 Å². The van der Waals surface area contributed by atoms with E-state index in [0.29, 0.717) is 22.4 Å². The maximum Gasteiger partial charge on any atom is 0.235 e. The van der Waals surface area contributed by atoms with Gasteiger partial charge in [-0.05, 0) is 68.5 Å². The Labute approximate surface area is 250 Å². The molecule has 43 heavy (non-hydrogen) atoms. The average molecular weight is 590 g/mol. The third-order valence-electron chi connectivity index (χ3n) is 9.60. The van der Waals surface area contributed by atoms with Crippen LogP contribution < -0.4 is 10.6 Å². The number of nitrogens with two attached hydrogens (primary N) is 1. The number of nitrogens with zero attached hydrogens (tertiary/aromatic N) is 2. The lowest BCUT2D eigenvalue weighted by Crippen LogP contribution is -2.74. The summed E-state index contributed by atoms with van der Waals surface area (Å²) in [6, 6.07) is 8.46. The summed E-state index contributed by atoms with van der Waals surface area (Å²) in [5, 5.41) is 23.4. The van der Waals surface area contributed by atoms with E-state index in [0.717, 1.165) is 24.8 Å². The predicted octanol–water partition coefficient (Wildman–Crippen LogP) is 1.94. The number of aryl methyl sites for hydroxylation is 1. The maximum absolute atomic E-state index is 14.2. The van der Waals surface area contributed by atoms with Crippen molar-refractivity contribution in [2.75, 3.05) is 33.1 Å². The number of ketones is 4. The lowest BCUT2D eigenvalue weighted by molar-refractivity contribution is -0.181. The SMILES string of the molecule is CCCCc1ccc(-c2cc(N(C)C)c3c(c2O)C(=O)C2C(=O)C4(O)C(=O)C(C(N)=O)C(=O)C(N(C)C)C4CC2C3)cc1. The van der Waals surface area contributed by atoms with E-state index in [9.17, 15) is 34.2 Å². The zero-order valence-electron chi connectivity index (χ0n) is 25.2. The van der Waals surface area contributed by atoms with E-state index < -0.39 is 64.4 Å². The third-order valence-corrected chi connectivity index (χ3v) is 9.60. The predicted molar refractivity (Wildman–Crippen MR) is 160 cm³/mol. The minimum Gasteiger partial charge on any atom is -0.507 e. The highest BCUT2D eigenvalue weighted by atomic mass is 16.3. The summed E-state index contributed by atoms with van der Waals surface area (Å²) in [4.78, 5) is 70.7. The molecule has 2 aromatic rings. The molecule has 0 bridgehead atoms. The normalized spacial score (nSPS) is 28.4. The Morgan fingerprint density at radius 3 is 2.26 bits per heavy atom. The van der Waals surface area contributed by atoms with Gasteiger partial charge >= 0.3 is 0 Å². The molecule has 0 saturated heterocycles. The molecule has 3 aliphatic rings. The summed E-state index contributed by atoms with van der Waals surface area (Å²) in [6.45, 7) is 2.13. The van der Waals surface area contributed by atoms with Crippen molar-refractivity contribution in [3.05, 3.63) is 47.0 Å². The van der Waals surface area contributed by atoms with Crippen LogP contribution >= 0.6 is 0 Å². The monoisotopic (exact) mass is 589 g/mol. The molecule has 0 aliphatic heterocycles. The van der Waals surface area contributed by atoms with Crippen molar-refractivity contribution >= 4 is 34.7 Å². The number of benzene rings is 2. The number of phenolic OH excluding ortho intramolecular Hbond substituents is 1. The molecule has 10 heteroatoms. The van der Waals surface area contributed by atoms with Gasteiger partial charge in [0.15, 0.2) is 34.7 Å². The van der Waals surface area contributed by atoms with Crippen LogP contribution in [0, 0.1) is 23.7 Å². The first-order valence-corrected chi connectivity index (χ1v) is 14.8. The van der Waals surface area contributed by atoms with E-state index >= 15 is 0 Å². The van der Waals surface area contributed by atoms with Crippen LogP contribution in [0.4, 0.5) is 5.69 Å². The van der Waals surface area contributed by atoms with Gasteiger partial charge < -0.3 is 20.8 Å². The molecule has 0 spiro atoms. The number of likely N-dealkylation sites (N-methyl/N-ethyl adjacent to an activating group) is 1. The van der Waals surface area contributed by atoms with Gasteiger partial charge in [-0.1, -0.05) is 37.6 Å². The van der Waals surface area contributed by atoms with Crippen LogP contribution in [-0.2, 0) is 32.0 Å². The summed E-state index contributed by atoms with van der Waals surface area (Å²) in [7, 11) is 6.79. The Morgan fingerprint density at radius 1 is 1.05 bits per heavy atom. The molecular weight excluding hydrogens is 550 g/mol. The molecule has 0 radical (unpaired) electrons. The molecule has 5 rings (SSSR count). The van der Waals surface area contributed by atoms with Crippen molar-refractivity contribution in [3.63, 3.8) is 0 Å². The summed E-state index contributed by atoms with van der Waals surface area (Å²) >= 11 is 0. The number of hydrogen-bond acceptors (Lipinski definition) is 9. The second-order valence-electron chi connectivity index (χ2n) is 12.6. The lowest BCUT2D eigenvalue weighted by Gasteiger charge is -2.52. The zero-order chi connectivity index (χ0) is 31.5. The number of anilines is 1. The van der Waals surface area contributed by atoms with Crippen LogP contribution in [0.3, 0.4) is 0 Å². The highest BCUT2D eigenvalue weighted by molar-refractivity contribution is 6.32. The van der Waals surface area contributed by atoms with E-state index in [2.05, 4.69) is 6.92 Å². The van der Waals surface area contributed by atoms with Crippen LogP contribution in [-0.4, -0.2) is 84.0 Å². The Morgan fingerprint density at radius 2 is 1.70 bits per heavy atom. The number of primary amides is 1. The van der Waals surface area contributed by atoms with Gasteiger partial charge in [-0.2, -0.15) is 0 Å². The first-order valence-electron chi connectivity index (χ1n) is 14.8. The van der Waals surface area contributed by atoms with E-state index in [4.69, 9.17) is 5.73 Å². The minimum atomic E-state index is -2.75. The fourth-order valence-electron chi connectivity index (χ4n) is 7.50. The molecule has 2 aromatic carbocycles. The molecule has 228 valence electrons. The topological polar surface area (TPSA) is 158 Å². The Hall–Kier alpha value is -3.89. The highest BCUT2D eigenvalue weighted by Crippen LogP contribution is 2.53. The molecule has 2 fully saturated rings. The van der Waals surface area contributed by atoms with E-state index in [1.807, 2.05) is 49.3 Å². The summed E-state index contributed by atoms with van der Waals surface area (Å²) in [6.07, 6.45) is 3.28. The number of fused-ring (bicyclic) bond motifs is 3. The lowest BCUT2D eigenvalue weighted by atomic mass is 9.52. The van der Waals surface area contributed by atoms with Gasteiger partial charge in [0, 0.05) is 31.3 Å². The second kappa shape index (κ2) is 11.0. The van der Waals surface area contributed by atoms with Gasteiger partial charge in [0.1, 0.15) is 5.75 Å². The van der Waals surface area contributed by atoms with Crippen LogP contribution in [0.5, 0.6) is 5.75 Å². The Bertz CT molecular complexity index is 1530. The molecular formula is C33H39N3O7. The molecule has 0 heterocycles. The van der Waals surface area contributed by atoms with Gasteiger partial charge in [0.25, 0.3) is 0 Å². The maximum atomic E-state index is 14.2. The van der Waals surface area contributed by atoms with Crippen molar-refractivity contribution in [3.8, 4) is 16.9 Å². The van der Waals surface area contributed by atoms with Crippen molar-refractivity contribution < 1.29 is 34.2 Å². The largest absolute Gasteiger partial charge is 0.507 e. The quantitative estimate of drug-likeness (QED) is 0.411. The molecule has 3 aliphatic carbocycles. The van der Waals surface area contributed by atoms with Crippen LogP contribution in [0.15, 0.2) is 30.3 Å². The van der Waals surface area contributed by atoms with Crippen molar-refractivity contribution in [2.24, 2.45) is 29.4 Å². The van der Waals surface area contributed by atoms with E-state index in [-0.39, 0.29) is 24.2 Å². The first kappa shape index (κ1) is 30.6. The third kappa shape index (κ3) is 4.58. The van der Waals surface area contributed by atoms with Crippen LogP contribution in [0.1, 0.15) is 47.7 Å². The number of amides is 1. The standard InChI is InChI=1S/C33H39N3O7/c1-6-7-8-16-9-11-17(12-10-16)19-15-22(35(2)3)20-13-18-14-21-26(36(4)5)29(39)25(32(34)42)31(41)33(21,43)30(40)23(18)28(38)24(20)27(19)37/h9-12,15,18,21,23,25-26,37,43H,6-8,13-14H2,1-5H3,(H2,34,42). The van der Waals surface area contributed by atoms with Crippen LogP contribution in [0.2, 0.25) is 0 Å². The number of aromatic hydroxyl groups is 1. The summed E-state index contributed by atoms with van der Waals surface area (Å²) in [5.41, 5.74) is 6.20. The van der Waals surface area contributed by atoms with Crippen molar-refractivity contribution in [1.29, 1.82) is 0 Å². The summed E-state index contributed by atoms with van der Waals surface area (Å²) in [5.74, 6) is -10.5. The van der Waals surface area contributed by atoms with Gasteiger partial charge in [-0.25, -0.2) is 0 Å². The number of rotatable bonds is 7. The second-order valence-corrected chi connectivity index (χ2v) is 12.6.